The number of anilines is 2. The van der Waals surface area contributed by atoms with Crippen LogP contribution in [0.2, 0.25) is 0 Å². The van der Waals surface area contributed by atoms with E-state index in [1.165, 1.54) is 0 Å². The summed E-state index contributed by atoms with van der Waals surface area (Å²) in [6, 6.07) is 5.63. The topological polar surface area (TPSA) is 76.4 Å². The van der Waals surface area contributed by atoms with Gasteiger partial charge in [-0.05, 0) is 25.0 Å². The maximum absolute atomic E-state index is 11.5. The number of hydrogen-bond acceptors (Lipinski definition) is 4. The van der Waals surface area contributed by atoms with E-state index in [4.69, 9.17) is 10.5 Å². The van der Waals surface area contributed by atoms with Crippen LogP contribution in [0, 0.1) is 0 Å². The number of para-hydroxylation sites is 1. The summed E-state index contributed by atoms with van der Waals surface area (Å²) < 4.78 is 5.56. The summed E-state index contributed by atoms with van der Waals surface area (Å²) in [5.74, 6) is 0.739. The van der Waals surface area contributed by atoms with Crippen LogP contribution in [0.5, 0.6) is 5.75 Å². The smallest absolute Gasteiger partial charge is 0.221 e. The number of amides is 1. The van der Waals surface area contributed by atoms with Crippen molar-refractivity contribution in [3.05, 3.63) is 18.2 Å². The van der Waals surface area contributed by atoms with E-state index in [0.717, 1.165) is 25.1 Å². The van der Waals surface area contributed by atoms with E-state index in [2.05, 4.69) is 10.6 Å². The van der Waals surface area contributed by atoms with Crippen LogP contribution < -0.4 is 21.1 Å². The van der Waals surface area contributed by atoms with Crippen LogP contribution in [0.15, 0.2) is 18.2 Å². The van der Waals surface area contributed by atoms with Gasteiger partial charge in [0.1, 0.15) is 5.75 Å². The minimum atomic E-state index is 0.0521. The SMILES string of the molecule is CCCNC(=O)CCNc1cccc(OCCC)c1N. The summed E-state index contributed by atoms with van der Waals surface area (Å²) in [5.41, 5.74) is 7.43. The second-order valence-corrected chi connectivity index (χ2v) is 4.59. The summed E-state index contributed by atoms with van der Waals surface area (Å²) >= 11 is 0. The van der Waals surface area contributed by atoms with Gasteiger partial charge >= 0.3 is 0 Å². The Balaban J connectivity index is 2.45. The minimum absolute atomic E-state index is 0.0521. The first kappa shape index (κ1) is 16.1. The Bertz CT molecular complexity index is 422. The molecule has 0 aromatic heterocycles. The molecule has 0 aliphatic carbocycles. The van der Waals surface area contributed by atoms with Crippen molar-refractivity contribution < 1.29 is 9.53 Å². The van der Waals surface area contributed by atoms with Gasteiger partial charge in [0.05, 0.1) is 18.0 Å². The molecule has 0 heterocycles. The fourth-order valence-electron chi connectivity index (χ4n) is 1.70. The monoisotopic (exact) mass is 279 g/mol. The quantitative estimate of drug-likeness (QED) is 0.607. The Morgan fingerprint density at radius 3 is 2.75 bits per heavy atom. The average Bonchev–Trinajstić information content (AvgIpc) is 2.45. The Morgan fingerprint density at radius 1 is 1.25 bits per heavy atom. The second kappa shape index (κ2) is 9.07. The number of carbonyl (C=O) groups excluding carboxylic acids is 1. The van der Waals surface area contributed by atoms with E-state index >= 15 is 0 Å². The molecule has 112 valence electrons. The number of nitrogens with one attached hydrogen (secondary N) is 2. The minimum Gasteiger partial charge on any atom is -0.491 e. The summed E-state index contributed by atoms with van der Waals surface area (Å²) in [6.07, 6.45) is 2.32. The van der Waals surface area contributed by atoms with Crippen molar-refractivity contribution in [2.45, 2.75) is 33.1 Å². The molecule has 0 bridgehead atoms. The molecule has 0 atom stereocenters. The van der Waals surface area contributed by atoms with Crippen LogP contribution in [0.3, 0.4) is 0 Å². The van der Waals surface area contributed by atoms with Crippen LogP contribution in [0.1, 0.15) is 33.1 Å². The highest BCUT2D eigenvalue weighted by Crippen LogP contribution is 2.29. The Morgan fingerprint density at radius 2 is 2.05 bits per heavy atom. The zero-order chi connectivity index (χ0) is 14.8. The molecule has 4 N–H and O–H groups in total. The van der Waals surface area contributed by atoms with Gasteiger partial charge in [-0.3, -0.25) is 4.79 Å². The molecular formula is C15H25N3O2. The van der Waals surface area contributed by atoms with Gasteiger partial charge in [0, 0.05) is 19.5 Å². The molecule has 20 heavy (non-hydrogen) atoms. The average molecular weight is 279 g/mol. The highest BCUT2D eigenvalue weighted by molar-refractivity contribution is 5.77. The predicted molar refractivity (Wildman–Crippen MR) is 83.0 cm³/mol. The van der Waals surface area contributed by atoms with E-state index in [1.807, 2.05) is 32.0 Å². The van der Waals surface area contributed by atoms with E-state index in [-0.39, 0.29) is 5.91 Å². The third-order valence-corrected chi connectivity index (χ3v) is 2.77. The van der Waals surface area contributed by atoms with Crippen molar-refractivity contribution in [3.63, 3.8) is 0 Å². The molecule has 1 aromatic rings. The second-order valence-electron chi connectivity index (χ2n) is 4.59. The Kier molecular flexibility index (Phi) is 7.32. The van der Waals surface area contributed by atoms with Crippen LogP contribution in [-0.4, -0.2) is 25.6 Å². The van der Waals surface area contributed by atoms with E-state index < -0.39 is 0 Å². The zero-order valence-corrected chi connectivity index (χ0v) is 12.4. The normalized spacial score (nSPS) is 10.1. The van der Waals surface area contributed by atoms with Gasteiger partial charge in [0.2, 0.25) is 5.91 Å². The van der Waals surface area contributed by atoms with E-state index in [9.17, 15) is 4.79 Å². The van der Waals surface area contributed by atoms with Gasteiger partial charge in [0.15, 0.2) is 0 Å². The first-order valence-corrected chi connectivity index (χ1v) is 7.20. The van der Waals surface area contributed by atoms with Crippen LogP contribution >= 0.6 is 0 Å². The number of carbonyl (C=O) groups is 1. The Labute approximate surface area is 120 Å². The molecule has 1 rings (SSSR count). The molecule has 1 aromatic carbocycles. The maximum Gasteiger partial charge on any atom is 0.221 e. The first-order valence-electron chi connectivity index (χ1n) is 7.20. The molecule has 0 saturated carbocycles. The summed E-state index contributed by atoms with van der Waals surface area (Å²) in [7, 11) is 0. The van der Waals surface area contributed by atoms with E-state index in [0.29, 0.717) is 31.0 Å². The highest BCUT2D eigenvalue weighted by atomic mass is 16.5. The van der Waals surface area contributed by atoms with Crippen molar-refractivity contribution in [1.82, 2.24) is 5.32 Å². The zero-order valence-electron chi connectivity index (χ0n) is 12.4. The molecule has 0 radical (unpaired) electrons. The fraction of sp³-hybridized carbons (Fsp3) is 0.533. The van der Waals surface area contributed by atoms with Gasteiger partial charge in [-0.15, -0.1) is 0 Å². The van der Waals surface area contributed by atoms with Crippen molar-refractivity contribution >= 4 is 17.3 Å². The molecule has 5 heteroatoms. The van der Waals surface area contributed by atoms with Gasteiger partial charge in [0.25, 0.3) is 0 Å². The molecule has 0 spiro atoms. The third-order valence-electron chi connectivity index (χ3n) is 2.77. The fourth-order valence-corrected chi connectivity index (χ4v) is 1.70. The first-order chi connectivity index (χ1) is 9.69. The van der Waals surface area contributed by atoms with Crippen molar-refractivity contribution in [1.29, 1.82) is 0 Å². The summed E-state index contributed by atoms with van der Waals surface area (Å²) in [5, 5.41) is 6.01. The number of rotatable bonds is 9. The number of ether oxygens (including phenoxy) is 1. The number of hydrogen-bond donors (Lipinski definition) is 3. The lowest BCUT2D eigenvalue weighted by molar-refractivity contribution is -0.120. The van der Waals surface area contributed by atoms with Crippen LogP contribution in [0.25, 0.3) is 0 Å². The van der Waals surface area contributed by atoms with Gasteiger partial charge < -0.3 is 21.1 Å². The van der Waals surface area contributed by atoms with E-state index in [1.54, 1.807) is 0 Å². The standard InChI is InChI=1S/C15H25N3O2/c1-3-9-18-14(19)8-10-17-12-6-5-7-13(15(12)16)20-11-4-2/h5-7,17H,3-4,8-11,16H2,1-2H3,(H,18,19). The molecule has 1 amide bonds. The predicted octanol–water partition coefficient (Wildman–Crippen LogP) is 2.39. The molecular weight excluding hydrogens is 254 g/mol. The lowest BCUT2D eigenvalue weighted by Crippen LogP contribution is -2.25. The molecule has 0 aliphatic rings. The van der Waals surface area contributed by atoms with Crippen LogP contribution in [-0.2, 0) is 4.79 Å². The molecule has 0 aliphatic heterocycles. The largest absolute Gasteiger partial charge is 0.491 e. The lowest BCUT2D eigenvalue weighted by Gasteiger charge is -2.13. The van der Waals surface area contributed by atoms with Gasteiger partial charge in [-0.2, -0.15) is 0 Å². The summed E-state index contributed by atoms with van der Waals surface area (Å²) in [4.78, 5) is 11.5. The number of benzene rings is 1. The molecule has 0 fully saturated rings. The van der Waals surface area contributed by atoms with Gasteiger partial charge in [-0.25, -0.2) is 0 Å². The summed E-state index contributed by atoms with van der Waals surface area (Å²) in [6.45, 7) is 6.00. The number of nitrogens with two attached hydrogens (primary N) is 1. The van der Waals surface area contributed by atoms with Crippen molar-refractivity contribution in [2.75, 3.05) is 30.7 Å². The molecule has 0 unspecified atom stereocenters. The number of nitrogen functional groups attached to an aromatic ring is 1. The third kappa shape index (κ3) is 5.38. The van der Waals surface area contributed by atoms with Crippen molar-refractivity contribution in [3.8, 4) is 5.75 Å². The maximum atomic E-state index is 11.5. The molecule has 5 nitrogen and oxygen atoms in total. The Hall–Kier alpha value is -1.91. The highest BCUT2D eigenvalue weighted by Gasteiger charge is 2.06. The van der Waals surface area contributed by atoms with Crippen molar-refractivity contribution in [2.24, 2.45) is 0 Å². The lowest BCUT2D eigenvalue weighted by atomic mass is 10.2. The molecule has 0 saturated heterocycles. The van der Waals surface area contributed by atoms with Gasteiger partial charge in [-0.1, -0.05) is 19.9 Å². The van der Waals surface area contributed by atoms with Crippen LogP contribution in [0.4, 0.5) is 11.4 Å².